The number of furan rings is 1. The summed E-state index contributed by atoms with van der Waals surface area (Å²) >= 11 is 3.23. The summed E-state index contributed by atoms with van der Waals surface area (Å²) in [5.41, 5.74) is 0.262. The number of rotatable bonds is 2. The number of hydrogen-bond acceptors (Lipinski definition) is 3. The normalized spacial score (nSPS) is 25.6. The van der Waals surface area contributed by atoms with Crippen LogP contribution in [0.3, 0.4) is 0 Å². The summed E-state index contributed by atoms with van der Waals surface area (Å²) in [6.07, 6.45) is 8.48. The lowest BCUT2D eigenvalue weighted by molar-refractivity contribution is 0.0864. The first-order chi connectivity index (χ1) is 9.67. The van der Waals surface area contributed by atoms with E-state index in [2.05, 4.69) is 26.6 Å². The Balaban J connectivity index is 1.61. The molecule has 110 valence electrons. The number of piperidine rings is 1. The van der Waals surface area contributed by atoms with Gasteiger partial charge in [-0.2, -0.15) is 0 Å². The minimum Gasteiger partial charge on any atom is -0.444 e. The van der Waals surface area contributed by atoms with Crippen molar-refractivity contribution in [2.45, 2.75) is 56.5 Å². The summed E-state index contributed by atoms with van der Waals surface area (Å²) in [5.74, 6) is 0.279. The van der Waals surface area contributed by atoms with Crippen molar-refractivity contribution < 1.29 is 9.21 Å². The third-order valence-electron chi connectivity index (χ3n) is 4.57. The molecule has 2 fully saturated rings. The quantitative estimate of drug-likeness (QED) is 0.868. The van der Waals surface area contributed by atoms with Crippen LogP contribution in [0.25, 0.3) is 0 Å². The van der Waals surface area contributed by atoms with Crippen molar-refractivity contribution in [1.29, 1.82) is 0 Å². The van der Waals surface area contributed by atoms with Gasteiger partial charge in [0.2, 0.25) is 0 Å². The Kier molecular flexibility index (Phi) is 4.17. The first-order valence-corrected chi connectivity index (χ1v) is 8.27. The number of nitrogens with one attached hydrogen (secondary N) is 2. The summed E-state index contributed by atoms with van der Waals surface area (Å²) in [7, 11) is 0. The molecular formula is C15H21BrN2O2. The van der Waals surface area contributed by atoms with Crippen LogP contribution < -0.4 is 10.6 Å². The lowest BCUT2D eigenvalue weighted by atomic mass is 9.75. The van der Waals surface area contributed by atoms with Crippen molar-refractivity contribution in [3.05, 3.63) is 22.6 Å². The molecule has 2 N–H and O–H groups in total. The fourth-order valence-corrected chi connectivity index (χ4v) is 3.89. The number of carbonyl (C=O) groups excluding carboxylic acids is 1. The Labute approximate surface area is 127 Å². The van der Waals surface area contributed by atoms with Crippen LogP contribution in [0.4, 0.5) is 0 Å². The van der Waals surface area contributed by atoms with Gasteiger partial charge in [0, 0.05) is 11.6 Å². The van der Waals surface area contributed by atoms with E-state index < -0.39 is 0 Å². The SMILES string of the molecule is O=C(NC1CCNC2(CCCCC2)C1)c1ccc(Br)o1. The molecule has 1 aliphatic carbocycles. The molecule has 1 aromatic heterocycles. The molecule has 1 spiro atoms. The van der Waals surface area contributed by atoms with Crippen LogP contribution in [0.2, 0.25) is 0 Å². The molecule has 20 heavy (non-hydrogen) atoms. The predicted molar refractivity (Wildman–Crippen MR) is 80.7 cm³/mol. The van der Waals surface area contributed by atoms with Crippen LogP contribution in [0.1, 0.15) is 55.5 Å². The summed E-state index contributed by atoms with van der Waals surface area (Å²) in [6, 6.07) is 3.71. The highest BCUT2D eigenvalue weighted by atomic mass is 79.9. The lowest BCUT2D eigenvalue weighted by Crippen LogP contribution is -2.57. The van der Waals surface area contributed by atoms with E-state index in [1.807, 2.05) is 0 Å². The van der Waals surface area contributed by atoms with Gasteiger partial charge in [0.15, 0.2) is 10.4 Å². The summed E-state index contributed by atoms with van der Waals surface area (Å²) < 4.78 is 5.91. The number of amides is 1. The second-order valence-corrected chi connectivity index (χ2v) is 6.82. The average Bonchev–Trinajstić information content (AvgIpc) is 2.86. The third-order valence-corrected chi connectivity index (χ3v) is 5.00. The van der Waals surface area contributed by atoms with Crippen molar-refractivity contribution in [2.75, 3.05) is 6.54 Å². The smallest absolute Gasteiger partial charge is 0.287 e. The zero-order valence-corrected chi connectivity index (χ0v) is 13.2. The van der Waals surface area contributed by atoms with Crippen molar-refractivity contribution in [2.24, 2.45) is 0 Å². The van der Waals surface area contributed by atoms with Gasteiger partial charge in [-0.15, -0.1) is 0 Å². The fourth-order valence-electron chi connectivity index (χ4n) is 3.58. The minimum atomic E-state index is -0.103. The summed E-state index contributed by atoms with van der Waals surface area (Å²) in [4.78, 5) is 12.2. The maximum Gasteiger partial charge on any atom is 0.287 e. The zero-order chi connectivity index (χ0) is 14.0. The van der Waals surface area contributed by atoms with E-state index in [1.165, 1.54) is 32.1 Å². The van der Waals surface area contributed by atoms with E-state index >= 15 is 0 Å². The Morgan fingerprint density at radius 3 is 2.85 bits per heavy atom. The summed E-state index contributed by atoms with van der Waals surface area (Å²) in [5, 5.41) is 6.83. The van der Waals surface area contributed by atoms with E-state index in [-0.39, 0.29) is 17.5 Å². The van der Waals surface area contributed by atoms with Crippen LogP contribution in [-0.2, 0) is 0 Å². The highest BCUT2D eigenvalue weighted by Crippen LogP contribution is 2.34. The van der Waals surface area contributed by atoms with Gasteiger partial charge in [0.1, 0.15) is 0 Å². The van der Waals surface area contributed by atoms with Gasteiger partial charge in [0.25, 0.3) is 5.91 Å². The molecule has 4 nitrogen and oxygen atoms in total. The highest BCUT2D eigenvalue weighted by molar-refractivity contribution is 9.10. The molecule has 1 saturated carbocycles. The average molecular weight is 341 g/mol. The zero-order valence-electron chi connectivity index (χ0n) is 11.6. The molecule has 1 amide bonds. The van der Waals surface area contributed by atoms with Crippen LogP contribution in [0.15, 0.2) is 21.2 Å². The van der Waals surface area contributed by atoms with Crippen molar-refractivity contribution in [1.82, 2.24) is 10.6 Å². The van der Waals surface area contributed by atoms with Crippen LogP contribution in [0.5, 0.6) is 0 Å². The Hall–Kier alpha value is -0.810. The molecule has 0 bridgehead atoms. The van der Waals surface area contributed by atoms with Crippen molar-refractivity contribution in [3.8, 4) is 0 Å². The van der Waals surface area contributed by atoms with E-state index in [4.69, 9.17) is 4.42 Å². The number of carbonyl (C=O) groups is 1. The van der Waals surface area contributed by atoms with E-state index in [9.17, 15) is 4.79 Å². The van der Waals surface area contributed by atoms with Crippen molar-refractivity contribution in [3.63, 3.8) is 0 Å². The minimum absolute atomic E-state index is 0.103. The molecule has 5 heteroatoms. The Bertz CT molecular complexity index is 474. The molecule has 2 aliphatic rings. The van der Waals surface area contributed by atoms with Gasteiger partial charge in [-0.25, -0.2) is 0 Å². The topological polar surface area (TPSA) is 54.3 Å². The summed E-state index contributed by atoms with van der Waals surface area (Å²) in [6.45, 7) is 0.993. The maximum absolute atomic E-state index is 12.2. The lowest BCUT2D eigenvalue weighted by Gasteiger charge is -2.44. The first kappa shape index (κ1) is 14.1. The van der Waals surface area contributed by atoms with Gasteiger partial charge >= 0.3 is 0 Å². The van der Waals surface area contributed by atoms with Gasteiger partial charge in [-0.1, -0.05) is 19.3 Å². The fraction of sp³-hybridized carbons (Fsp3) is 0.667. The van der Waals surface area contributed by atoms with Gasteiger partial charge in [0.05, 0.1) is 0 Å². The molecular weight excluding hydrogens is 320 g/mol. The van der Waals surface area contributed by atoms with E-state index in [0.29, 0.717) is 10.4 Å². The molecule has 0 aromatic carbocycles. The molecule has 2 heterocycles. The molecule has 1 saturated heterocycles. The van der Waals surface area contributed by atoms with Crippen molar-refractivity contribution >= 4 is 21.8 Å². The molecule has 1 aromatic rings. The van der Waals surface area contributed by atoms with E-state index in [0.717, 1.165) is 19.4 Å². The number of hydrogen-bond donors (Lipinski definition) is 2. The van der Waals surface area contributed by atoms with Crippen LogP contribution >= 0.6 is 15.9 Å². The van der Waals surface area contributed by atoms with Gasteiger partial charge in [-0.3, -0.25) is 4.79 Å². The molecule has 0 radical (unpaired) electrons. The van der Waals surface area contributed by atoms with Gasteiger partial charge in [-0.05, 0) is 60.3 Å². The number of halogens is 1. The monoisotopic (exact) mass is 340 g/mol. The second kappa shape index (κ2) is 5.90. The predicted octanol–water partition coefficient (Wildman–Crippen LogP) is 3.23. The molecule has 1 aliphatic heterocycles. The highest BCUT2D eigenvalue weighted by Gasteiger charge is 2.37. The first-order valence-electron chi connectivity index (χ1n) is 7.48. The maximum atomic E-state index is 12.2. The Morgan fingerprint density at radius 1 is 1.35 bits per heavy atom. The van der Waals surface area contributed by atoms with Crippen LogP contribution in [-0.4, -0.2) is 24.0 Å². The second-order valence-electron chi connectivity index (χ2n) is 6.03. The third kappa shape index (κ3) is 3.09. The molecule has 1 atom stereocenters. The largest absolute Gasteiger partial charge is 0.444 e. The Morgan fingerprint density at radius 2 is 2.15 bits per heavy atom. The molecule has 3 rings (SSSR count). The standard InChI is InChI=1S/C15H21BrN2O2/c16-13-5-4-12(20-13)14(19)18-11-6-9-17-15(10-11)7-2-1-3-8-15/h4-5,11,17H,1-3,6-10H2,(H,18,19). The van der Waals surface area contributed by atoms with Crippen LogP contribution in [0, 0.1) is 0 Å². The van der Waals surface area contributed by atoms with E-state index in [1.54, 1.807) is 12.1 Å². The van der Waals surface area contributed by atoms with Gasteiger partial charge < -0.3 is 15.1 Å². The molecule has 1 unspecified atom stereocenters.